The Balaban J connectivity index is 2.02. The largest absolute Gasteiger partial charge is 0.478 e. The number of benzene rings is 1. The molecular formula is C15H11N2O3+. The maximum atomic E-state index is 12.4. The van der Waals surface area contributed by atoms with E-state index in [1.54, 1.807) is 6.08 Å². The highest BCUT2D eigenvalue weighted by Gasteiger charge is 2.36. The number of hydrogen-bond donors (Lipinski definition) is 1. The summed E-state index contributed by atoms with van der Waals surface area (Å²) in [5.41, 5.74) is 1.33. The number of aliphatic carboxylic acids is 1. The zero-order chi connectivity index (χ0) is 14.1. The fraction of sp³-hybridized carbons (Fsp3) is 0.0667. The summed E-state index contributed by atoms with van der Waals surface area (Å²) >= 11 is 0. The molecule has 5 nitrogen and oxygen atoms in total. The molecule has 1 heterocycles. The molecule has 1 unspecified atom stereocenters. The average Bonchev–Trinajstić information content (AvgIpc) is 2.48. The van der Waals surface area contributed by atoms with E-state index < -0.39 is 11.9 Å². The van der Waals surface area contributed by atoms with Crippen molar-refractivity contribution in [2.45, 2.75) is 0 Å². The highest BCUT2D eigenvalue weighted by molar-refractivity contribution is 6.17. The summed E-state index contributed by atoms with van der Waals surface area (Å²) in [4.78, 5) is 27.5. The van der Waals surface area contributed by atoms with Crippen LogP contribution in [0, 0.1) is 5.92 Å². The van der Waals surface area contributed by atoms with E-state index in [2.05, 4.69) is 4.99 Å². The van der Waals surface area contributed by atoms with Crippen molar-refractivity contribution in [2.24, 2.45) is 10.9 Å². The Morgan fingerprint density at radius 1 is 1.25 bits per heavy atom. The topological polar surface area (TPSA) is 69.7 Å². The molecule has 98 valence electrons. The summed E-state index contributed by atoms with van der Waals surface area (Å²) in [7, 11) is 0. The molecule has 0 spiro atoms. The highest BCUT2D eigenvalue weighted by atomic mass is 16.4. The zero-order valence-electron chi connectivity index (χ0n) is 10.4. The third kappa shape index (κ3) is 1.99. The van der Waals surface area contributed by atoms with Gasteiger partial charge in [0.25, 0.3) is 6.34 Å². The van der Waals surface area contributed by atoms with Gasteiger partial charge >= 0.3 is 11.9 Å². The Labute approximate surface area is 114 Å². The number of fused-ring (bicyclic) bond motifs is 1. The van der Waals surface area contributed by atoms with E-state index in [1.807, 2.05) is 30.3 Å². The second kappa shape index (κ2) is 4.70. The second-order valence-corrected chi connectivity index (χ2v) is 4.45. The second-order valence-electron chi connectivity index (χ2n) is 4.45. The number of amides is 1. The molecule has 1 N–H and O–H groups in total. The molecule has 3 rings (SSSR count). The molecule has 1 amide bonds. The Bertz CT molecular complexity index is 712. The van der Waals surface area contributed by atoms with Gasteiger partial charge in [-0.2, -0.15) is 4.58 Å². The van der Waals surface area contributed by atoms with Gasteiger partial charge in [0.05, 0.1) is 5.57 Å². The van der Waals surface area contributed by atoms with Gasteiger partial charge in [-0.15, -0.1) is 0 Å². The SMILES string of the molecule is O=C(O)C1=CC2=NC=[N+](c3ccccc3)C(=O)C2C=C1. The summed E-state index contributed by atoms with van der Waals surface area (Å²) in [6, 6.07) is 9.19. The van der Waals surface area contributed by atoms with Crippen molar-refractivity contribution in [1.82, 2.24) is 0 Å². The Morgan fingerprint density at radius 3 is 2.70 bits per heavy atom. The van der Waals surface area contributed by atoms with Gasteiger partial charge in [-0.05, 0) is 12.1 Å². The Morgan fingerprint density at radius 2 is 2.00 bits per heavy atom. The number of rotatable bonds is 2. The molecule has 0 fully saturated rings. The van der Waals surface area contributed by atoms with Gasteiger partial charge in [-0.3, -0.25) is 0 Å². The molecule has 1 atom stereocenters. The van der Waals surface area contributed by atoms with E-state index >= 15 is 0 Å². The van der Waals surface area contributed by atoms with Crippen molar-refractivity contribution in [3.63, 3.8) is 0 Å². The number of carboxylic acids is 1. The monoisotopic (exact) mass is 267 g/mol. The van der Waals surface area contributed by atoms with Gasteiger partial charge < -0.3 is 5.11 Å². The molecule has 20 heavy (non-hydrogen) atoms. The molecular weight excluding hydrogens is 256 g/mol. The summed E-state index contributed by atoms with van der Waals surface area (Å²) in [5.74, 6) is -1.69. The number of carbonyl (C=O) groups excluding carboxylic acids is 1. The summed E-state index contributed by atoms with van der Waals surface area (Å²) in [5, 5.41) is 8.94. The molecule has 0 aromatic heterocycles. The van der Waals surface area contributed by atoms with Crippen LogP contribution in [0.5, 0.6) is 0 Å². The predicted molar refractivity (Wildman–Crippen MR) is 73.2 cm³/mol. The first-order valence-corrected chi connectivity index (χ1v) is 6.09. The molecule has 1 aromatic carbocycles. The normalized spacial score (nSPS) is 20.7. The van der Waals surface area contributed by atoms with Crippen LogP contribution in [0.4, 0.5) is 5.69 Å². The van der Waals surface area contributed by atoms with Crippen LogP contribution in [0.25, 0.3) is 0 Å². The highest BCUT2D eigenvalue weighted by Crippen LogP contribution is 2.22. The number of carbonyl (C=O) groups is 2. The quantitative estimate of drug-likeness (QED) is 0.826. The maximum absolute atomic E-state index is 12.4. The smallest absolute Gasteiger partial charge is 0.335 e. The van der Waals surface area contributed by atoms with E-state index in [4.69, 9.17) is 5.11 Å². The van der Waals surface area contributed by atoms with Crippen molar-refractivity contribution >= 4 is 29.6 Å². The zero-order valence-corrected chi connectivity index (χ0v) is 10.4. The predicted octanol–water partition coefficient (Wildman–Crippen LogP) is 1.54. The average molecular weight is 267 g/mol. The maximum Gasteiger partial charge on any atom is 0.335 e. The molecule has 0 saturated carbocycles. The van der Waals surface area contributed by atoms with Gasteiger partial charge in [0, 0.05) is 6.08 Å². The van der Waals surface area contributed by atoms with E-state index in [0.29, 0.717) is 5.71 Å². The van der Waals surface area contributed by atoms with Crippen LogP contribution in [0.15, 0.2) is 59.1 Å². The molecule has 1 aliphatic heterocycles. The van der Waals surface area contributed by atoms with Gasteiger partial charge in [-0.25, -0.2) is 9.59 Å². The lowest BCUT2D eigenvalue weighted by Crippen LogP contribution is -2.35. The summed E-state index contributed by atoms with van der Waals surface area (Å²) in [6.45, 7) is 0. The number of hydrogen-bond acceptors (Lipinski definition) is 3. The minimum atomic E-state index is -1.03. The van der Waals surface area contributed by atoms with Crippen LogP contribution < -0.4 is 0 Å². The van der Waals surface area contributed by atoms with Gasteiger partial charge in [0.2, 0.25) is 0 Å². The van der Waals surface area contributed by atoms with Crippen molar-refractivity contribution in [1.29, 1.82) is 0 Å². The van der Waals surface area contributed by atoms with E-state index in [9.17, 15) is 9.59 Å². The van der Waals surface area contributed by atoms with Crippen LogP contribution in [0.1, 0.15) is 0 Å². The third-order valence-corrected chi connectivity index (χ3v) is 3.20. The number of aliphatic imine (C=N–C) groups is 1. The standard InChI is InChI=1S/C15H10N2O3/c18-14-12-7-6-10(15(19)20)8-13(12)16-9-17(14)11-4-2-1-3-5-11/h1-9,12H/p+1. The van der Waals surface area contributed by atoms with Crippen molar-refractivity contribution < 1.29 is 19.3 Å². The van der Waals surface area contributed by atoms with Crippen LogP contribution in [0.2, 0.25) is 0 Å². The number of allylic oxidation sites excluding steroid dienone is 1. The minimum Gasteiger partial charge on any atom is -0.478 e. The van der Waals surface area contributed by atoms with E-state index in [0.717, 1.165) is 5.69 Å². The lowest BCUT2D eigenvalue weighted by Gasteiger charge is -2.15. The lowest BCUT2D eigenvalue weighted by atomic mass is 9.92. The molecule has 2 aliphatic rings. The first-order chi connectivity index (χ1) is 9.66. The lowest BCUT2D eigenvalue weighted by molar-refractivity contribution is -0.366. The Hall–Kier alpha value is -2.82. The van der Waals surface area contributed by atoms with Gasteiger partial charge in [0.15, 0.2) is 5.71 Å². The molecule has 5 heteroatoms. The number of nitrogens with zero attached hydrogens (tertiary/aromatic N) is 2. The van der Waals surface area contributed by atoms with Gasteiger partial charge in [-0.1, -0.05) is 35.3 Å². The van der Waals surface area contributed by atoms with Crippen LogP contribution in [0.3, 0.4) is 0 Å². The molecule has 0 radical (unpaired) electrons. The van der Waals surface area contributed by atoms with Crippen LogP contribution >= 0.6 is 0 Å². The van der Waals surface area contributed by atoms with Crippen LogP contribution in [-0.4, -0.2) is 33.6 Å². The van der Waals surface area contributed by atoms with E-state index in [-0.39, 0.29) is 11.5 Å². The Kier molecular flexibility index (Phi) is 2.87. The fourth-order valence-corrected chi connectivity index (χ4v) is 2.17. The molecule has 1 aliphatic carbocycles. The van der Waals surface area contributed by atoms with Crippen molar-refractivity contribution in [3.8, 4) is 0 Å². The molecule has 1 aromatic rings. The van der Waals surface area contributed by atoms with Gasteiger partial charge in [0.1, 0.15) is 11.6 Å². The first kappa shape index (κ1) is 12.2. The van der Waals surface area contributed by atoms with Crippen molar-refractivity contribution in [2.75, 3.05) is 0 Å². The summed E-state index contributed by atoms with van der Waals surface area (Å²) in [6.07, 6.45) is 5.88. The molecule has 0 saturated heterocycles. The van der Waals surface area contributed by atoms with Crippen LogP contribution in [-0.2, 0) is 9.59 Å². The number of para-hydroxylation sites is 1. The minimum absolute atomic E-state index is 0.134. The third-order valence-electron chi connectivity index (χ3n) is 3.20. The summed E-state index contributed by atoms with van der Waals surface area (Å²) < 4.78 is 1.47. The fourth-order valence-electron chi connectivity index (χ4n) is 2.17. The van der Waals surface area contributed by atoms with E-state index in [1.165, 1.54) is 23.1 Å². The number of carboxylic acid groups (broad SMARTS) is 1. The first-order valence-electron chi connectivity index (χ1n) is 6.09. The van der Waals surface area contributed by atoms with Crippen molar-refractivity contribution in [3.05, 3.63) is 54.1 Å². The molecule has 0 bridgehead atoms.